The number of halogens is 3. The molecule has 4 N–H and O–H groups in total. The van der Waals surface area contributed by atoms with Gasteiger partial charge in [0.15, 0.2) is 5.17 Å². The first-order valence-corrected chi connectivity index (χ1v) is 13.0. The summed E-state index contributed by atoms with van der Waals surface area (Å²) in [6, 6.07) is 14.6. The van der Waals surface area contributed by atoms with E-state index in [-0.39, 0.29) is 25.5 Å². The van der Waals surface area contributed by atoms with Crippen molar-refractivity contribution in [3.63, 3.8) is 0 Å². The van der Waals surface area contributed by atoms with Crippen molar-refractivity contribution < 1.29 is 18.0 Å². The molecule has 3 amide bonds. The number of amides is 3. The lowest BCUT2D eigenvalue weighted by molar-refractivity contribution is 0.102. The lowest BCUT2D eigenvalue weighted by Crippen LogP contribution is -2.43. The number of benzene rings is 3. The predicted octanol–water partition coefficient (Wildman–Crippen LogP) is 5.38. The van der Waals surface area contributed by atoms with Crippen molar-refractivity contribution in [2.75, 3.05) is 10.6 Å². The molecule has 0 bridgehead atoms. The third-order valence-corrected chi connectivity index (χ3v) is 7.78. The number of urea groups is 1. The number of amidine groups is 1. The van der Waals surface area contributed by atoms with E-state index in [1.54, 1.807) is 48.5 Å². The van der Waals surface area contributed by atoms with E-state index in [4.69, 9.17) is 34.8 Å². The van der Waals surface area contributed by atoms with Crippen LogP contribution in [0.4, 0.5) is 16.2 Å². The molecule has 0 spiro atoms. The minimum atomic E-state index is -4.19. The first-order chi connectivity index (χ1) is 16.6. The van der Waals surface area contributed by atoms with Crippen molar-refractivity contribution in [2.24, 2.45) is 4.40 Å². The highest BCUT2D eigenvalue weighted by atomic mass is 35.5. The highest BCUT2D eigenvalue weighted by Crippen LogP contribution is 2.37. The summed E-state index contributed by atoms with van der Waals surface area (Å²) in [4.78, 5) is 24.8. The maximum absolute atomic E-state index is 12.8. The maximum atomic E-state index is 12.8. The molecule has 1 heterocycles. The van der Waals surface area contributed by atoms with Gasteiger partial charge in [0.25, 0.3) is 15.9 Å². The summed E-state index contributed by atoms with van der Waals surface area (Å²) in [5.41, 5.74) is 5.64. The van der Waals surface area contributed by atoms with E-state index in [9.17, 15) is 18.0 Å². The molecule has 9 nitrogen and oxygen atoms in total. The van der Waals surface area contributed by atoms with Gasteiger partial charge in [-0.05, 0) is 72.4 Å². The zero-order valence-corrected chi connectivity index (χ0v) is 21.2. The van der Waals surface area contributed by atoms with E-state index in [0.29, 0.717) is 21.4 Å². The molecule has 0 aromatic heterocycles. The molecular weight excluding hydrogens is 557 g/mol. The molecule has 3 aromatic carbocycles. The average molecular weight is 571 g/mol. The molecule has 0 saturated heterocycles. The standard InChI is InChI=1S/C21H14Cl3N5O4S2/c22-11-1-5-13(6-2-11)25-19(30)15-9-18-17(10-16(15)24)34-21(29-35(18,32)33)28-27-20(31)26-14-7-3-12(23)4-8-14/h1-10H,(H,25,30)(H,28,29)(H2,26,27,31). The molecule has 180 valence electrons. The summed E-state index contributed by atoms with van der Waals surface area (Å²) >= 11 is 18.8. The summed E-state index contributed by atoms with van der Waals surface area (Å²) < 4.78 is 29.2. The molecule has 0 radical (unpaired) electrons. The fourth-order valence-corrected chi connectivity index (χ4v) is 5.90. The fraction of sp³-hybridized carbons (Fsp3) is 0. The first kappa shape index (κ1) is 25.1. The van der Waals surface area contributed by atoms with Crippen LogP contribution in [0.1, 0.15) is 10.4 Å². The van der Waals surface area contributed by atoms with Gasteiger partial charge in [-0.15, -0.1) is 4.40 Å². The van der Waals surface area contributed by atoms with Crippen molar-refractivity contribution >= 4 is 85.1 Å². The number of hydrazine groups is 1. The maximum Gasteiger partial charge on any atom is 0.337 e. The number of thioether (sulfide) groups is 1. The summed E-state index contributed by atoms with van der Waals surface area (Å²) in [7, 11) is -4.19. The normalized spacial score (nSPS) is 13.7. The van der Waals surface area contributed by atoms with Crippen molar-refractivity contribution in [2.45, 2.75) is 9.79 Å². The van der Waals surface area contributed by atoms with Gasteiger partial charge in [0, 0.05) is 26.3 Å². The second-order valence-electron chi connectivity index (χ2n) is 6.92. The Hall–Kier alpha value is -2.96. The Morgan fingerprint density at radius 2 is 1.40 bits per heavy atom. The highest BCUT2D eigenvalue weighted by Gasteiger charge is 2.29. The number of fused-ring (bicyclic) bond motifs is 1. The van der Waals surface area contributed by atoms with Crippen molar-refractivity contribution in [1.82, 2.24) is 10.9 Å². The smallest absolute Gasteiger partial charge is 0.322 e. The molecule has 0 fully saturated rings. The molecule has 1 aliphatic rings. The second kappa shape index (κ2) is 10.3. The van der Waals surface area contributed by atoms with Gasteiger partial charge in [-0.25, -0.2) is 10.2 Å². The number of nitrogens with zero attached hydrogens (tertiary/aromatic N) is 1. The quantitative estimate of drug-likeness (QED) is 0.313. The van der Waals surface area contributed by atoms with Gasteiger partial charge in [-0.2, -0.15) is 8.42 Å². The van der Waals surface area contributed by atoms with Crippen LogP contribution in [-0.2, 0) is 10.0 Å². The van der Waals surface area contributed by atoms with Gasteiger partial charge in [-0.1, -0.05) is 34.8 Å². The number of carbonyl (C=O) groups excluding carboxylic acids is 2. The number of hydrogen-bond donors (Lipinski definition) is 4. The van der Waals surface area contributed by atoms with Crippen LogP contribution in [0.5, 0.6) is 0 Å². The molecule has 1 aliphatic heterocycles. The van der Waals surface area contributed by atoms with Crippen LogP contribution in [0.3, 0.4) is 0 Å². The van der Waals surface area contributed by atoms with Gasteiger partial charge < -0.3 is 10.6 Å². The average Bonchev–Trinajstić information content (AvgIpc) is 2.80. The lowest BCUT2D eigenvalue weighted by Gasteiger charge is -2.18. The lowest BCUT2D eigenvalue weighted by atomic mass is 10.2. The number of sulfonamides is 1. The zero-order chi connectivity index (χ0) is 25.2. The van der Waals surface area contributed by atoms with Crippen molar-refractivity contribution in [3.05, 3.63) is 81.3 Å². The Kier molecular flexibility index (Phi) is 7.43. The third kappa shape index (κ3) is 6.19. The van der Waals surface area contributed by atoms with Gasteiger partial charge in [0.05, 0.1) is 10.6 Å². The van der Waals surface area contributed by atoms with Crippen LogP contribution in [0, 0.1) is 0 Å². The van der Waals surface area contributed by atoms with E-state index in [1.165, 1.54) is 6.07 Å². The Labute approximate surface area is 219 Å². The largest absolute Gasteiger partial charge is 0.337 e. The Morgan fingerprint density at radius 3 is 2.00 bits per heavy atom. The monoisotopic (exact) mass is 569 g/mol. The molecule has 14 heteroatoms. The third-order valence-electron chi connectivity index (χ3n) is 4.45. The Morgan fingerprint density at radius 1 is 0.829 bits per heavy atom. The van der Waals surface area contributed by atoms with Gasteiger partial charge in [0.1, 0.15) is 4.90 Å². The number of rotatable bonds is 3. The van der Waals surface area contributed by atoms with Gasteiger partial charge >= 0.3 is 6.03 Å². The summed E-state index contributed by atoms with van der Waals surface area (Å²) in [5.74, 6) is -0.603. The van der Waals surface area contributed by atoms with Crippen LogP contribution in [0.15, 0.2) is 74.9 Å². The van der Waals surface area contributed by atoms with Crippen molar-refractivity contribution in [1.29, 1.82) is 0 Å². The molecule has 0 atom stereocenters. The van der Waals surface area contributed by atoms with Gasteiger partial charge in [-0.3, -0.25) is 10.2 Å². The summed E-state index contributed by atoms with van der Waals surface area (Å²) in [6.07, 6.45) is 0. The Balaban J connectivity index is 1.47. The first-order valence-electron chi connectivity index (χ1n) is 9.62. The molecule has 0 aliphatic carbocycles. The van der Waals surface area contributed by atoms with Crippen LogP contribution in [-0.4, -0.2) is 25.5 Å². The fourth-order valence-electron chi connectivity index (χ4n) is 2.86. The van der Waals surface area contributed by atoms with E-state index < -0.39 is 22.0 Å². The summed E-state index contributed by atoms with van der Waals surface area (Å²) in [6.45, 7) is 0. The van der Waals surface area contributed by atoms with Crippen molar-refractivity contribution in [3.8, 4) is 0 Å². The summed E-state index contributed by atoms with van der Waals surface area (Å²) in [5, 5.41) is 6.10. The molecule has 35 heavy (non-hydrogen) atoms. The van der Waals surface area contributed by atoms with Crippen LogP contribution in [0.2, 0.25) is 15.1 Å². The number of hydrogen-bond acceptors (Lipinski definition) is 6. The predicted molar refractivity (Wildman–Crippen MR) is 138 cm³/mol. The van der Waals surface area contributed by atoms with E-state index in [2.05, 4.69) is 25.9 Å². The molecule has 0 saturated carbocycles. The van der Waals surface area contributed by atoms with E-state index in [1.807, 2.05) is 0 Å². The molecule has 4 rings (SSSR count). The minimum Gasteiger partial charge on any atom is -0.322 e. The molecule has 3 aromatic rings. The topological polar surface area (TPSA) is 129 Å². The second-order valence-corrected chi connectivity index (χ2v) is 10.8. The van der Waals surface area contributed by atoms with Crippen LogP contribution < -0.4 is 21.5 Å². The zero-order valence-electron chi connectivity index (χ0n) is 17.3. The molecule has 0 unspecified atom stereocenters. The van der Waals surface area contributed by atoms with E-state index in [0.717, 1.165) is 17.8 Å². The van der Waals surface area contributed by atoms with Crippen LogP contribution >= 0.6 is 46.6 Å². The highest BCUT2D eigenvalue weighted by molar-refractivity contribution is 8.15. The SMILES string of the molecule is O=C(NNC1=NS(=O)(=O)c2cc(C(=O)Nc3ccc(Cl)cc3)c(Cl)cc2S1)Nc1ccc(Cl)cc1. The van der Waals surface area contributed by atoms with E-state index >= 15 is 0 Å². The minimum absolute atomic E-state index is 0.0348. The molecular formula is C21H14Cl3N5O4S2. The van der Waals surface area contributed by atoms with Gasteiger partial charge in [0.2, 0.25) is 0 Å². The number of anilines is 2. The van der Waals surface area contributed by atoms with Crippen LogP contribution in [0.25, 0.3) is 0 Å². The Bertz CT molecular complexity index is 1450. The number of nitrogens with one attached hydrogen (secondary N) is 4. The number of carbonyl (C=O) groups is 2.